The van der Waals surface area contributed by atoms with Crippen molar-refractivity contribution < 1.29 is 14.3 Å². The molecule has 4 rings (SSSR count). The van der Waals surface area contributed by atoms with E-state index in [2.05, 4.69) is 9.97 Å². The summed E-state index contributed by atoms with van der Waals surface area (Å²) in [5.74, 6) is -0.261. The summed E-state index contributed by atoms with van der Waals surface area (Å²) in [6, 6.07) is 10.6. The zero-order valence-corrected chi connectivity index (χ0v) is 12.6. The predicted molar refractivity (Wildman–Crippen MR) is 84.1 cm³/mol. The second-order valence-corrected chi connectivity index (χ2v) is 5.39. The summed E-state index contributed by atoms with van der Waals surface area (Å²) in [7, 11) is 1.47. The molecule has 0 saturated carbocycles. The normalized spacial score (nSPS) is 13.0. The van der Waals surface area contributed by atoms with Crippen molar-refractivity contribution in [2.24, 2.45) is 0 Å². The van der Waals surface area contributed by atoms with Gasteiger partial charge in [-0.25, -0.2) is 9.97 Å². The maximum absolute atomic E-state index is 12.9. The van der Waals surface area contributed by atoms with Crippen molar-refractivity contribution >= 4 is 22.5 Å². The standard InChI is InChI=1S/C18H12N2O3/c1-9-10-5-3-4-6-12(10)19-16-14(9)18(22)15-11(17(16)21)7-8-13(20-15)23-2/h3-8H,1-2H3. The number of pyridine rings is 2. The molecule has 0 bridgehead atoms. The molecule has 0 N–H and O–H groups in total. The number of ketones is 2. The van der Waals surface area contributed by atoms with E-state index >= 15 is 0 Å². The van der Waals surface area contributed by atoms with Crippen molar-refractivity contribution in [1.29, 1.82) is 0 Å². The van der Waals surface area contributed by atoms with Crippen molar-refractivity contribution in [3.05, 3.63) is 64.5 Å². The monoisotopic (exact) mass is 304 g/mol. The van der Waals surface area contributed by atoms with Gasteiger partial charge in [-0.1, -0.05) is 18.2 Å². The molecule has 23 heavy (non-hydrogen) atoms. The fourth-order valence-electron chi connectivity index (χ4n) is 2.98. The summed E-state index contributed by atoms with van der Waals surface area (Å²) >= 11 is 0. The van der Waals surface area contributed by atoms with Gasteiger partial charge in [0.25, 0.3) is 0 Å². The minimum atomic E-state index is -0.288. The minimum Gasteiger partial charge on any atom is -0.481 e. The molecule has 1 aromatic carbocycles. The first-order valence-corrected chi connectivity index (χ1v) is 7.15. The van der Waals surface area contributed by atoms with E-state index in [1.165, 1.54) is 7.11 Å². The van der Waals surface area contributed by atoms with Crippen LogP contribution in [0, 0.1) is 6.92 Å². The third kappa shape index (κ3) is 1.80. The molecule has 2 heterocycles. The van der Waals surface area contributed by atoms with E-state index < -0.39 is 0 Å². The Kier molecular flexibility index (Phi) is 2.78. The molecule has 0 fully saturated rings. The minimum absolute atomic E-state index is 0.127. The Hall–Kier alpha value is -3.08. The van der Waals surface area contributed by atoms with E-state index in [0.29, 0.717) is 17.0 Å². The van der Waals surface area contributed by atoms with Crippen molar-refractivity contribution in [1.82, 2.24) is 9.97 Å². The second kappa shape index (κ2) is 4.71. The first-order chi connectivity index (χ1) is 11.1. The number of fused-ring (bicyclic) bond motifs is 3. The highest BCUT2D eigenvalue weighted by atomic mass is 16.5. The molecule has 0 amide bonds. The van der Waals surface area contributed by atoms with E-state index in [1.54, 1.807) is 12.1 Å². The van der Waals surface area contributed by atoms with Crippen molar-refractivity contribution in [2.75, 3.05) is 7.11 Å². The fourth-order valence-corrected chi connectivity index (χ4v) is 2.98. The number of ether oxygens (including phenoxy) is 1. The van der Waals surface area contributed by atoms with Gasteiger partial charge in [-0.05, 0) is 24.6 Å². The Morgan fingerprint density at radius 1 is 0.913 bits per heavy atom. The topological polar surface area (TPSA) is 69.2 Å². The Labute approximate surface area is 131 Å². The number of para-hydroxylation sites is 1. The van der Waals surface area contributed by atoms with Crippen LogP contribution in [0.5, 0.6) is 5.88 Å². The summed E-state index contributed by atoms with van der Waals surface area (Å²) in [6.45, 7) is 1.83. The number of hydrogen-bond acceptors (Lipinski definition) is 5. The third-order valence-corrected chi connectivity index (χ3v) is 4.13. The van der Waals surface area contributed by atoms with E-state index in [-0.39, 0.29) is 28.5 Å². The summed E-state index contributed by atoms with van der Waals surface area (Å²) in [4.78, 5) is 34.2. The molecule has 0 spiro atoms. The van der Waals surface area contributed by atoms with Crippen LogP contribution in [0.4, 0.5) is 0 Å². The molecule has 5 heteroatoms. The first-order valence-electron chi connectivity index (χ1n) is 7.15. The SMILES string of the molecule is COc1ccc2c(n1)C(=O)c1c(nc3ccccc3c1C)C2=O. The molecule has 2 aromatic heterocycles. The number of methoxy groups -OCH3 is 1. The summed E-state index contributed by atoms with van der Waals surface area (Å²) in [6.07, 6.45) is 0. The molecule has 0 saturated heterocycles. The van der Waals surface area contributed by atoms with Gasteiger partial charge in [-0.3, -0.25) is 9.59 Å². The number of benzene rings is 1. The number of aromatic nitrogens is 2. The maximum Gasteiger partial charge on any atom is 0.214 e. The van der Waals surface area contributed by atoms with E-state index in [1.807, 2.05) is 31.2 Å². The molecule has 5 nitrogen and oxygen atoms in total. The van der Waals surface area contributed by atoms with Gasteiger partial charge in [0.05, 0.1) is 23.8 Å². The van der Waals surface area contributed by atoms with Gasteiger partial charge in [-0.15, -0.1) is 0 Å². The maximum atomic E-state index is 12.9. The van der Waals surface area contributed by atoms with Crippen LogP contribution in [0.25, 0.3) is 10.9 Å². The number of carbonyl (C=O) groups is 2. The van der Waals surface area contributed by atoms with E-state index in [4.69, 9.17) is 4.74 Å². The number of hydrogen-bond donors (Lipinski definition) is 0. The average molecular weight is 304 g/mol. The Morgan fingerprint density at radius 2 is 1.70 bits per heavy atom. The van der Waals surface area contributed by atoms with Crippen LogP contribution in [-0.2, 0) is 0 Å². The van der Waals surface area contributed by atoms with E-state index in [0.717, 1.165) is 10.9 Å². The van der Waals surface area contributed by atoms with Crippen LogP contribution in [0.2, 0.25) is 0 Å². The first kappa shape index (κ1) is 13.6. The van der Waals surface area contributed by atoms with Crippen LogP contribution in [0.3, 0.4) is 0 Å². The van der Waals surface area contributed by atoms with Gasteiger partial charge >= 0.3 is 0 Å². The van der Waals surface area contributed by atoms with Crippen LogP contribution in [-0.4, -0.2) is 28.6 Å². The van der Waals surface area contributed by atoms with Crippen molar-refractivity contribution in [3.8, 4) is 5.88 Å². The Morgan fingerprint density at radius 3 is 2.48 bits per heavy atom. The highest BCUT2D eigenvalue weighted by molar-refractivity contribution is 6.28. The zero-order valence-electron chi connectivity index (χ0n) is 12.6. The number of carbonyl (C=O) groups excluding carboxylic acids is 2. The third-order valence-electron chi connectivity index (χ3n) is 4.13. The van der Waals surface area contributed by atoms with Gasteiger partial charge < -0.3 is 4.74 Å². The zero-order chi connectivity index (χ0) is 16.1. The molecule has 0 unspecified atom stereocenters. The summed E-state index contributed by atoms with van der Waals surface area (Å²) in [5, 5.41) is 0.860. The lowest BCUT2D eigenvalue weighted by atomic mass is 9.86. The van der Waals surface area contributed by atoms with Gasteiger partial charge in [-0.2, -0.15) is 0 Å². The van der Waals surface area contributed by atoms with Crippen LogP contribution < -0.4 is 4.74 Å². The Balaban J connectivity index is 2.06. The number of nitrogens with zero attached hydrogens (tertiary/aromatic N) is 2. The molecular formula is C18H12N2O3. The van der Waals surface area contributed by atoms with E-state index in [9.17, 15) is 9.59 Å². The molecule has 0 aliphatic heterocycles. The molecule has 3 aromatic rings. The molecular weight excluding hydrogens is 292 g/mol. The quantitative estimate of drug-likeness (QED) is 0.541. The van der Waals surface area contributed by atoms with Crippen molar-refractivity contribution in [3.63, 3.8) is 0 Å². The van der Waals surface area contributed by atoms with Crippen LogP contribution >= 0.6 is 0 Å². The van der Waals surface area contributed by atoms with Gasteiger partial charge in [0.1, 0.15) is 11.4 Å². The number of rotatable bonds is 1. The van der Waals surface area contributed by atoms with Crippen molar-refractivity contribution in [2.45, 2.75) is 6.92 Å². The lowest BCUT2D eigenvalue weighted by Gasteiger charge is -2.19. The van der Waals surface area contributed by atoms with Crippen LogP contribution in [0.1, 0.15) is 37.7 Å². The predicted octanol–water partition coefficient (Wildman–Crippen LogP) is 2.72. The lowest BCUT2D eigenvalue weighted by Crippen LogP contribution is -2.25. The molecule has 112 valence electrons. The molecule has 1 aliphatic carbocycles. The summed E-state index contributed by atoms with van der Waals surface area (Å²) < 4.78 is 5.06. The number of aryl methyl sites for hydroxylation is 1. The fraction of sp³-hybridized carbons (Fsp3) is 0.111. The smallest absolute Gasteiger partial charge is 0.214 e. The summed E-state index contributed by atoms with van der Waals surface area (Å²) in [5.41, 5.74) is 2.38. The van der Waals surface area contributed by atoms with Crippen LogP contribution in [0.15, 0.2) is 36.4 Å². The highest BCUT2D eigenvalue weighted by Gasteiger charge is 2.34. The largest absolute Gasteiger partial charge is 0.481 e. The molecule has 0 atom stereocenters. The van der Waals surface area contributed by atoms with Gasteiger partial charge in [0.15, 0.2) is 0 Å². The van der Waals surface area contributed by atoms with Gasteiger partial charge in [0, 0.05) is 11.5 Å². The second-order valence-electron chi connectivity index (χ2n) is 5.39. The Bertz CT molecular complexity index is 1010. The lowest BCUT2D eigenvalue weighted by molar-refractivity contribution is 0.0971. The van der Waals surface area contributed by atoms with Gasteiger partial charge in [0.2, 0.25) is 17.4 Å². The molecule has 0 radical (unpaired) electrons. The average Bonchev–Trinajstić information content (AvgIpc) is 2.59. The highest BCUT2D eigenvalue weighted by Crippen LogP contribution is 2.31. The molecule has 1 aliphatic rings.